The molecule has 0 spiro atoms. The van der Waals surface area contributed by atoms with Crippen LogP contribution in [0.1, 0.15) is 59.3 Å². The molecule has 0 radical (unpaired) electrons. The lowest BCUT2D eigenvalue weighted by Gasteiger charge is -2.40. The van der Waals surface area contributed by atoms with E-state index in [0.717, 1.165) is 18.5 Å². The van der Waals surface area contributed by atoms with Crippen LogP contribution in [0.2, 0.25) is 0 Å². The maximum absolute atomic E-state index is 9.23. The summed E-state index contributed by atoms with van der Waals surface area (Å²) in [6.07, 6.45) is 7.85. The number of nitrogens with zero attached hydrogens (tertiary/aromatic N) is 1. The van der Waals surface area contributed by atoms with Gasteiger partial charge in [-0.25, -0.2) is 0 Å². The van der Waals surface area contributed by atoms with Gasteiger partial charge in [0.05, 0.1) is 6.61 Å². The van der Waals surface area contributed by atoms with Crippen molar-refractivity contribution in [2.75, 3.05) is 13.2 Å². The van der Waals surface area contributed by atoms with Gasteiger partial charge in [-0.3, -0.25) is 4.90 Å². The van der Waals surface area contributed by atoms with Crippen LogP contribution in [0.25, 0.3) is 0 Å². The van der Waals surface area contributed by atoms with Gasteiger partial charge >= 0.3 is 0 Å². The highest BCUT2D eigenvalue weighted by molar-refractivity contribution is 4.82. The van der Waals surface area contributed by atoms with Gasteiger partial charge in [0, 0.05) is 18.6 Å². The smallest absolute Gasteiger partial charge is 0.0558 e. The topological polar surface area (TPSA) is 23.5 Å². The van der Waals surface area contributed by atoms with Crippen molar-refractivity contribution in [1.29, 1.82) is 0 Å². The van der Waals surface area contributed by atoms with Gasteiger partial charge < -0.3 is 5.11 Å². The Balaban J connectivity index is 2.59. The van der Waals surface area contributed by atoms with Crippen molar-refractivity contribution in [3.63, 3.8) is 0 Å². The van der Waals surface area contributed by atoms with Gasteiger partial charge in [0.25, 0.3) is 0 Å². The van der Waals surface area contributed by atoms with Crippen molar-refractivity contribution in [1.82, 2.24) is 4.90 Å². The molecule has 1 rings (SSSR count). The van der Waals surface area contributed by atoms with Crippen LogP contribution in [0.3, 0.4) is 0 Å². The fraction of sp³-hybridized carbons (Fsp3) is 1.00. The molecule has 2 unspecified atom stereocenters. The van der Waals surface area contributed by atoms with E-state index in [1.165, 1.54) is 38.5 Å². The van der Waals surface area contributed by atoms with Crippen molar-refractivity contribution in [2.45, 2.75) is 71.4 Å². The summed E-state index contributed by atoms with van der Waals surface area (Å²) in [6.45, 7) is 8.08. The van der Waals surface area contributed by atoms with Crippen molar-refractivity contribution < 1.29 is 5.11 Å². The standard InChI is InChI=1S/C14H29NO/c1-4-13(5-2)15(9-10-16)14-8-6-7-12(3)11-14/h12-14,16H,4-11H2,1-3H3. The first-order valence-corrected chi connectivity index (χ1v) is 7.09. The molecule has 1 aliphatic rings. The van der Waals surface area contributed by atoms with Crippen LogP contribution < -0.4 is 0 Å². The van der Waals surface area contributed by atoms with Crippen molar-refractivity contribution in [3.8, 4) is 0 Å². The van der Waals surface area contributed by atoms with Gasteiger partial charge in [0.2, 0.25) is 0 Å². The number of hydrogen-bond acceptors (Lipinski definition) is 2. The molecular formula is C14H29NO. The van der Waals surface area contributed by atoms with Gasteiger partial charge in [0.1, 0.15) is 0 Å². The minimum Gasteiger partial charge on any atom is -0.395 e. The van der Waals surface area contributed by atoms with Crippen molar-refractivity contribution >= 4 is 0 Å². The molecule has 2 heteroatoms. The fourth-order valence-corrected chi connectivity index (χ4v) is 3.24. The maximum Gasteiger partial charge on any atom is 0.0558 e. The zero-order chi connectivity index (χ0) is 12.0. The first-order valence-electron chi connectivity index (χ1n) is 7.09. The van der Waals surface area contributed by atoms with Crippen LogP contribution in [0.15, 0.2) is 0 Å². The highest BCUT2D eigenvalue weighted by atomic mass is 16.3. The molecule has 0 amide bonds. The third-order valence-corrected chi connectivity index (χ3v) is 4.15. The second kappa shape index (κ2) is 7.29. The van der Waals surface area contributed by atoms with E-state index in [9.17, 15) is 5.11 Å². The molecule has 0 bridgehead atoms. The largest absolute Gasteiger partial charge is 0.395 e. The molecule has 0 aromatic rings. The summed E-state index contributed by atoms with van der Waals surface area (Å²) in [5.74, 6) is 0.870. The summed E-state index contributed by atoms with van der Waals surface area (Å²) in [6, 6.07) is 1.39. The number of hydrogen-bond donors (Lipinski definition) is 1. The molecule has 0 aromatic heterocycles. The third-order valence-electron chi connectivity index (χ3n) is 4.15. The first-order chi connectivity index (χ1) is 7.72. The average Bonchev–Trinajstić information content (AvgIpc) is 2.29. The van der Waals surface area contributed by atoms with E-state index in [0.29, 0.717) is 12.6 Å². The van der Waals surface area contributed by atoms with E-state index in [2.05, 4.69) is 25.7 Å². The summed E-state index contributed by atoms with van der Waals surface area (Å²) in [5, 5.41) is 9.23. The molecule has 0 aliphatic heterocycles. The summed E-state index contributed by atoms with van der Waals surface area (Å²) < 4.78 is 0. The van der Waals surface area contributed by atoms with E-state index < -0.39 is 0 Å². The number of aliphatic hydroxyl groups excluding tert-OH is 1. The SMILES string of the molecule is CCC(CC)N(CCO)C1CCCC(C)C1. The lowest BCUT2D eigenvalue weighted by Crippen LogP contribution is -2.46. The Morgan fingerprint density at radius 3 is 2.44 bits per heavy atom. The Kier molecular flexibility index (Phi) is 6.37. The highest BCUT2D eigenvalue weighted by Crippen LogP contribution is 2.29. The van der Waals surface area contributed by atoms with E-state index >= 15 is 0 Å². The molecule has 16 heavy (non-hydrogen) atoms. The van der Waals surface area contributed by atoms with Crippen LogP contribution in [0, 0.1) is 5.92 Å². The normalized spacial score (nSPS) is 26.6. The summed E-state index contributed by atoms with van der Waals surface area (Å²) in [4.78, 5) is 2.58. The number of aliphatic hydroxyl groups is 1. The van der Waals surface area contributed by atoms with E-state index in [1.807, 2.05) is 0 Å². The van der Waals surface area contributed by atoms with Crippen molar-refractivity contribution in [2.24, 2.45) is 5.92 Å². The molecule has 0 heterocycles. The monoisotopic (exact) mass is 227 g/mol. The minimum atomic E-state index is 0.307. The Labute approximate surface area is 101 Å². The summed E-state index contributed by atoms with van der Waals surface area (Å²) >= 11 is 0. The molecule has 1 saturated carbocycles. The fourth-order valence-electron chi connectivity index (χ4n) is 3.24. The summed E-state index contributed by atoms with van der Waals surface area (Å²) in [7, 11) is 0. The molecule has 1 N–H and O–H groups in total. The quantitative estimate of drug-likeness (QED) is 0.754. The molecule has 0 saturated heterocycles. The van der Waals surface area contributed by atoms with E-state index in [4.69, 9.17) is 0 Å². The van der Waals surface area contributed by atoms with Gasteiger partial charge in [-0.2, -0.15) is 0 Å². The van der Waals surface area contributed by atoms with Gasteiger partial charge in [0.15, 0.2) is 0 Å². The molecular weight excluding hydrogens is 198 g/mol. The summed E-state index contributed by atoms with van der Waals surface area (Å²) in [5.41, 5.74) is 0. The van der Waals surface area contributed by atoms with E-state index in [1.54, 1.807) is 0 Å². The van der Waals surface area contributed by atoms with Crippen LogP contribution in [0.4, 0.5) is 0 Å². The maximum atomic E-state index is 9.23. The van der Waals surface area contributed by atoms with Crippen LogP contribution >= 0.6 is 0 Å². The van der Waals surface area contributed by atoms with Gasteiger partial charge in [-0.05, 0) is 31.6 Å². The Morgan fingerprint density at radius 1 is 1.25 bits per heavy atom. The minimum absolute atomic E-state index is 0.307. The highest BCUT2D eigenvalue weighted by Gasteiger charge is 2.27. The predicted octanol–water partition coefficient (Wildman–Crippen LogP) is 3.05. The van der Waals surface area contributed by atoms with Crippen molar-refractivity contribution in [3.05, 3.63) is 0 Å². The molecule has 0 aromatic carbocycles. The zero-order valence-electron chi connectivity index (χ0n) is 11.3. The van der Waals surface area contributed by atoms with Gasteiger partial charge in [-0.1, -0.05) is 33.6 Å². The van der Waals surface area contributed by atoms with Crippen LogP contribution in [-0.2, 0) is 0 Å². The molecule has 2 atom stereocenters. The third kappa shape index (κ3) is 3.74. The Hall–Kier alpha value is -0.0800. The average molecular weight is 227 g/mol. The zero-order valence-corrected chi connectivity index (χ0v) is 11.3. The van der Waals surface area contributed by atoms with E-state index in [-0.39, 0.29) is 0 Å². The second-order valence-corrected chi connectivity index (χ2v) is 5.36. The van der Waals surface area contributed by atoms with Crippen LogP contribution in [-0.4, -0.2) is 35.2 Å². The lowest BCUT2D eigenvalue weighted by atomic mass is 9.85. The molecule has 1 fully saturated rings. The molecule has 2 nitrogen and oxygen atoms in total. The molecule has 1 aliphatic carbocycles. The van der Waals surface area contributed by atoms with Gasteiger partial charge in [-0.15, -0.1) is 0 Å². The Bertz CT molecular complexity index is 180. The second-order valence-electron chi connectivity index (χ2n) is 5.36. The molecule has 96 valence electrons. The number of rotatable bonds is 6. The van der Waals surface area contributed by atoms with Crippen LogP contribution in [0.5, 0.6) is 0 Å². The predicted molar refractivity (Wildman–Crippen MR) is 69.6 cm³/mol. The Morgan fingerprint density at radius 2 is 1.94 bits per heavy atom. The first kappa shape index (κ1) is 14.0. The lowest BCUT2D eigenvalue weighted by molar-refractivity contribution is 0.0646.